The van der Waals surface area contributed by atoms with Crippen molar-refractivity contribution in [3.63, 3.8) is 0 Å². The first kappa shape index (κ1) is 21.5. The number of methoxy groups -OCH3 is 1. The molecule has 0 unspecified atom stereocenters. The van der Waals surface area contributed by atoms with Gasteiger partial charge in [-0.3, -0.25) is 9.59 Å². The highest BCUT2D eigenvalue weighted by Gasteiger charge is 2.09. The molecule has 0 spiro atoms. The molecular weight excluding hydrogens is 405 g/mol. The molecule has 0 atom stereocenters. The van der Waals surface area contributed by atoms with E-state index >= 15 is 0 Å². The van der Waals surface area contributed by atoms with Crippen molar-refractivity contribution in [1.82, 2.24) is 5.43 Å². The molecule has 0 radical (unpaired) electrons. The lowest BCUT2D eigenvalue weighted by Gasteiger charge is -2.10. The highest BCUT2D eigenvalue weighted by Crippen LogP contribution is 2.27. The minimum atomic E-state index is -0.490. The number of hydrazone groups is 1. The standard InChI is InChI=1S/C19H19Cl2N3O4/c1-12(9-18(25)22-15-5-3-4-6-17(15)27-2)23-24-19(26)11-28-16-8-7-13(20)10-14(16)21/h3-8,10H,9,11H2,1-2H3,(H,22,25)(H,24,26)/b23-12+. The lowest BCUT2D eigenvalue weighted by Crippen LogP contribution is -2.26. The van der Waals surface area contributed by atoms with Crippen molar-refractivity contribution in [2.75, 3.05) is 19.0 Å². The first-order valence-electron chi connectivity index (χ1n) is 8.21. The molecule has 28 heavy (non-hydrogen) atoms. The minimum absolute atomic E-state index is 0.00218. The molecule has 0 saturated heterocycles. The van der Waals surface area contributed by atoms with Crippen molar-refractivity contribution in [3.05, 3.63) is 52.5 Å². The molecule has 0 aromatic heterocycles. The molecule has 2 aromatic carbocycles. The van der Waals surface area contributed by atoms with Crippen LogP contribution in [0.15, 0.2) is 47.6 Å². The van der Waals surface area contributed by atoms with Crippen LogP contribution in [-0.4, -0.2) is 31.2 Å². The van der Waals surface area contributed by atoms with Gasteiger partial charge in [-0.1, -0.05) is 35.3 Å². The molecule has 0 fully saturated rings. The van der Waals surface area contributed by atoms with Crippen LogP contribution < -0.4 is 20.2 Å². The fourth-order valence-electron chi connectivity index (χ4n) is 2.14. The number of para-hydroxylation sites is 2. The second-order valence-electron chi connectivity index (χ2n) is 5.67. The van der Waals surface area contributed by atoms with Gasteiger partial charge >= 0.3 is 0 Å². The van der Waals surface area contributed by atoms with Crippen molar-refractivity contribution in [2.45, 2.75) is 13.3 Å². The van der Waals surface area contributed by atoms with Gasteiger partial charge < -0.3 is 14.8 Å². The predicted molar refractivity (Wildman–Crippen MR) is 109 cm³/mol. The van der Waals surface area contributed by atoms with Gasteiger partial charge in [0, 0.05) is 10.7 Å². The van der Waals surface area contributed by atoms with E-state index in [0.29, 0.717) is 32.9 Å². The number of nitrogens with zero attached hydrogens (tertiary/aromatic N) is 1. The summed E-state index contributed by atoms with van der Waals surface area (Å²) in [5, 5.41) is 7.38. The maximum Gasteiger partial charge on any atom is 0.277 e. The van der Waals surface area contributed by atoms with Crippen LogP contribution in [0, 0.1) is 0 Å². The fraction of sp³-hybridized carbons (Fsp3) is 0.211. The summed E-state index contributed by atoms with van der Waals surface area (Å²) in [5.41, 5.74) is 3.30. The van der Waals surface area contributed by atoms with Crippen LogP contribution in [0.1, 0.15) is 13.3 Å². The van der Waals surface area contributed by atoms with E-state index in [-0.39, 0.29) is 18.9 Å². The summed E-state index contributed by atoms with van der Waals surface area (Å²) in [6.07, 6.45) is 0.00218. The van der Waals surface area contributed by atoms with Crippen molar-refractivity contribution >= 4 is 46.4 Å². The van der Waals surface area contributed by atoms with Gasteiger partial charge in [0.25, 0.3) is 5.91 Å². The summed E-state index contributed by atoms with van der Waals surface area (Å²) in [5.74, 6) is 0.106. The average Bonchev–Trinajstić information content (AvgIpc) is 2.66. The van der Waals surface area contributed by atoms with Crippen LogP contribution in [0.25, 0.3) is 0 Å². The van der Waals surface area contributed by atoms with E-state index in [1.165, 1.54) is 13.2 Å². The number of rotatable bonds is 8. The molecule has 2 rings (SSSR count). The van der Waals surface area contributed by atoms with Crippen LogP contribution in [0.5, 0.6) is 11.5 Å². The summed E-state index contributed by atoms with van der Waals surface area (Å²) in [6, 6.07) is 11.7. The Labute approximate surface area is 172 Å². The van der Waals surface area contributed by atoms with E-state index in [0.717, 1.165) is 0 Å². The van der Waals surface area contributed by atoms with Gasteiger partial charge in [-0.05, 0) is 37.3 Å². The van der Waals surface area contributed by atoms with E-state index < -0.39 is 5.91 Å². The van der Waals surface area contributed by atoms with Crippen LogP contribution in [0.4, 0.5) is 5.69 Å². The number of halogens is 2. The number of carbonyl (C=O) groups is 2. The van der Waals surface area contributed by atoms with E-state index in [4.69, 9.17) is 32.7 Å². The number of benzene rings is 2. The zero-order valence-corrected chi connectivity index (χ0v) is 16.8. The van der Waals surface area contributed by atoms with Crippen molar-refractivity contribution in [2.24, 2.45) is 5.10 Å². The summed E-state index contributed by atoms with van der Waals surface area (Å²) < 4.78 is 10.5. The molecule has 148 valence electrons. The molecule has 2 aromatic rings. The highest BCUT2D eigenvalue weighted by atomic mass is 35.5. The Kier molecular flexibility index (Phi) is 8.10. The number of anilines is 1. The zero-order chi connectivity index (χ0) is 20.5. The molecule has 0 aliphatic heterocycles. The monoisotopic (exact) mass is 423 g/mol. The molecule has 2 amide bonds. The van der Waals surface area contributed by atoms with Gasteiger partial charge in [0.1, 0.15) is 11.5 Å². The Morgan fingerprint density at radius 3 is 2.54 bits per heavy atom. The minimum Gasteiger partial charge on any atom is -0.495 e. The Morgan fingerprint density at radius 1 is 1.07 bits per heavy atom. The maximum absolute atomic E-state index is 12.1. The molecule has 0 saturated carbocycles. The maximum atomic E-state index is 12.1. The Balaban J connectivity index is 1.81. The average molecular weight is 424 g/mol. The predicted octanol–water partition coefficient (Wildman–Crippen LogP) is 3.90. The first-order valence-corrected chi connectivity index (χ1v) is 8.97. The van der Waals surface area contributed by atoms with E-state index in [1.54, 1.807) is 43.3 Å². The molecule has 9 heteroatoms. The lowest BCUT2D eigenvalue weighted by atomic mass is 10.2. The summed E-state index contributed by atoms with van der Waals surface area (Å²) in [6.45, 7) is 1.34. The Morgan fingerprint density at radius 2 is 1.82 bits per heavy atom. The number of hydrogen-bond donors (Lipinski definition) is 2. The normalized spacial score (nSPS) is 10.9. The fourth-order valence-corrected chi connectivity index (χ4v) is 2.60. The third-order valence-electron chi connectivity index (χ3n) is 3.42. The second kappa shape index (κ2) is 10.5. The van der Waals surface area contributed by atoms with Crippen molar-refractivity contribution < 1.29 is 19.1 Å². The summed E-state index contributed by atoms with van der Waals surface area (Å²) in [4.78, 5) is 23.9. The number of hydrogen-bond acceptors (Lipinski definition) is 5. The quantitative estimate of drug-likeness (QED) is 0.497. The summed E-state index contributed by atoms with van der Waals surface area (Å²) in [7, 11) is 1.52. The molecule has 0 aliphatic rings. The first-order chi connectivity index (χ1) is 13.4. The van der Waals surface area contributed by atoms with Gasteiger partial charge in [-0.15, -0.1) is 0 Å². The Hall–Kier alpha value is -2.77. The van der Waals surface area contributed by atoms with Crippen LogP contribution >= 0.6 is 23.2 Å². The third kappa shape index (κ3) is 6.75. The largest absolute Gasteiger partial charge is 0.495 e. The second-order valence-corrected chi connectivity index (χ2v) is 6.51. The zero-order valence-electron chi connectivity index (χ0n) is 15.3. The van der Waals surface area contributed by atoms with Crippen LogP contribution in [0.2, 0.25) is 10.0 Å². The van der Waals surface area contributed by atoms with Crippen LogP contribution in [0.3, 0.4) is 0 Å². The number of ether oxygens (including phenoxy) is 2. The molecule has 2 N–H and O–H groups in total. The van der Waals surface area contributed by atoms with Crippen LogP contribution in [-0.2, 0) is 9.59 Å². The molecular formula is C19H19Cl2N3O4. The molecule has 0 aliphatic carbocycles. The third-order valence-corrected chi connectivity index (χ3v) is 3.95. The van der Waals surface area contributed by atoms with Gasteiger partial charge in [0.05, 0.1) is 24.2 Å². The highest BCUT2D eigenvalue weighted by molar-refractivity contribution is 6.35. The van der Waals surface area contributed by atoms with Gasteiger partial charge in [-0.25, -0.2) is 5.43 Å². The number of carbonyl (C=O) groups excluding carboxylic acids is 2. The Bertz CT molecular complexity index is 887. The van der Waals surface area contributed by atoms with Gasteiger partial charge in [-0.2, -0.15) is 5.10 Å². The van der Waals surface area contributed by atoms with Crippen molar-refractivity contribution in [3.8, 4) is 11.5 Å². The number of nitrogens with one attached hydrogen (secondary N) is 2. The van der Waals surface area contributed by atoms with Crippen molar-refractivity contribution in [1.29, 1.82) is 0 Å². The topological polar surface area (TPSA) is 89.0 Å². The lowest BCUT2D eigenvalue weighted by molar-refractivity contribution is -0.123. The van der Waals surface area contributed by atoms with E-state index in [9.17, 15) is 9.59 Å². The summed E-state index contributed by atoms with van der Waals surface area (Å²) >= 11 is 11.8. The molecule has 7 nitrogen and oxygen atoms in total. The SMILES string of the molecule is COc1ccccc1NC(=O)C/C(C)=N/NC(=O)COc1ccc(Cl)cc1Cl. The smallest absolute Gasteiger partial charge is 0.277 e. The van der Waals surface area contributed by atoms with Gasteiger partial charge in [0.2, 0.25) is 5.91 Å². The van der Waals surface area contributed by atoms with E-state index in [1.807, 2.05) is 0 Å². The van der Waals surface area contributed by atoms with Gasteiger partial charge in [0.15, 0.2) is 6.61 Å². The van der Waals surface area contributed by atoms with E-state index in [2.05, 4.69) is 15.8 Å². The molecule has 0 heterocycles. The molecule has 0 bridgehead atoms. The number of amides is 2.